The highest BCUT2D eigenvalue weighted by Gasteiger charge is 2.18. The molecule has 18 heavy (non-hydrogen) atoms. The third kappa shape index (κ3) is 2.24. The van der Waals surface area contributed by atoms with Gasteiger partial charge in [-0.3, -0.25) is 0 Å². The summed E-state index contributed by atoms with van der Waals surface area (Å²) in [6.07, 6.45) is 3.98. The van der Waals surface area contributed by atoms with Crippen LogP contribution in [-0.2, 0) is 6.42 Å². The van der Waals surface area contributed by atoms with Crippen molar-refractivity contribution in [1.29, 1.82) is 0 Å². The van der Waals surface area contributed by atoms with Gasteiger partial charge < -0.3 is 10.6 Å². The van der Waals surface area contributed by atoms with Gasteiger partial charge in [0, 0.05) is 18.4 Å². The van der Waals surface area contributed by atoms with Gasteiger partial charge in [-0.1, -0.05) is 18.2 Å². The number of benzene rings is 1. The maximum atomic E-state index is 5.64. The minimum atomic E-state index is 0. The van der Waals surface area contributed by atoms with Crippen molar-refractivity contribution >= 4 is 29.9 Å². The van der Waals surface area contributed by atoms with Crippen LogP contribution < -0.4 is 10.6 Å². The van der Waals surface area contributed by atoms with Gasteiger partial charge in [-0.15, -0.1) is 12.4 Å². The number of hydrogen-bond acceptors (Lipinski definition) is 4. The van der Waals surface area contributed by atoms with Crippen molar-refractivity contribution in [2.24, 2.45) is 0 Å². The lowest BCUT2D eigenvalue weighted by Gasteiger charge is -2.30. The number of anilines is 3. The minimum Gasteiger partial charge on any atom is -0.368 e. The quantitative estimate of drug-likeness (QED) is 0.858. The highest BCUT2D eigenvalue weighted by Crippen LogP contribution is 2.31. The summed E-state index contributed by atoms with van der Waals surface area (Å²) in [6.45, 7) is 0.980. The Morgan fingerprint density at radius 1 is 1.17 bits per heavy atom. The van der Waals surface area contributed by atoms with E-state index in [1.807, 2.05) is 6.07 Å². The molecule has 0 fully saturated rings. The molecule has 0 bridgehead atoms. The summed E-state index contributed by atoms with van der Waals surface area (Å²) in [5.74, 6) is 1.20. The number of hydrogen-bond donors (Lipinski definition) is 1. The van der Waals surface area contributed by atoms with Gasteiger partial charge in [0.25, 0.3) is 0 Å². The van der Waals surface area contributed by atoms with Crippen molar-refractivity contribution in [3.8, 4) is 0 Å². The van der Waals surface area contributed by atoms with Crippen LogP contribution in [0.2, 0.25) is 0 Å². The van der Waals surface area contributed by atoms with E-state index in [4.69, 9.17) is 5.73 Å². The van der Waals surface area contributed by atoms with Crippen molar-refractivity contribution in [3.63, 3.8) is 0 Å². The van der Waals surface area contributed by atoms with Crippen LogP contribution in [0.3, 0.4) is 0 Å². The Bertz CT molecular complexity index is 544. The monoisotopic (exact) mass is 262 g/mol. The van der Waals surface area contributed by atoms with E-state index in [1.54, 1.807) is 6.20 Å². The first-order valence-corrected chi connectivity index (χ1v) is 5.78. The number of nitrogens with zero attached hydrogens (tertiary/aromatic N) is 3. The third-order valence-corrected chi connectivity index (χ3v) is 3.05. The second-order valence-electron chi connectivity index (χ2n) is 4.16. The fourth-order valence-corrected chi connectivity index (χ4v) is 2.29. The van der Waals surface area contributed by atoms with E-state index in [2.05, 4.69) is 39.1 Å². The van der Waals surface area contributed by atoms with E-state index in [0.29, 0.717) is 5.95 Å². The van der Waals surface area contributed by atoms with Crippen LogP contribution in [-0.4, -0.2) is 16.5 Å². The van der Waals surface area contributed by atoms with Crippen LogP contribution in [0.25, 0.3) is 0 Å². The topological polar surface area (TPSA) is 55.0 Å². The van der Waals surface area contributed by atoms with Crippen LogP contribution >= 0.6 is 12.4 Å². The molecular formula is C13H15ClN4. The molecule has 0 amide bonds. The third-order valence-electron chi connectivity index (χ3n) is 3.05. The van der Waals surface area contributed by atoms with Crippen molar-refractivity contribution in [3.05, 3.63) is 42.1 Å². The van der Waals surface area contributed by atoms with Crippen molar-refractivity contribution in [2.75, 3.05) is 17.2 Å². The molecule has 0 saturated carbocycles. The minimum absolute atomic E-state index is 0. The lowest BCUT2D eigenvalue weighted by Crippen LogP contribution is -2.25. The average molecular weight is 263 g/mol. The molecule has 0 spiro atoms. The van der Waals surface area contributed by atoms with E-state index in [0.717, 1.165) is 25.2 Å². The summed E-state index contributed by atoms with van der Waals surface area (Å²) in [4.78, 5) is 10.4. The Morgan fingerprint density at radius 2 is 2.00 bits per heavy atom. The maximum Gasteiger partial charge on any atom is 0.221 e. The van der Waals surface area contributed by atoms with E-state index in [1.165, 1.54) is 11.3 Å². The number of aryl methyl sites for hydroxylation is 1. The van der Waals surface area contributed by atoms with Gasteiger partial charge in [-0.2, -0.15) is 4.98 Å². The fraction of sp³-hybridized carbons (Fsp3) is 0.231. The summed E-state index contributed by atoms with van der Waals surface area (Å²) in [5, 5.41) is 0. The zero-order valence-electron chi connectivity index (χ0n) is 9.91. The number of halogens is 1. The fourth-order valence-electron chi connectivity index (χ4n) is 2.29. The molecular weight excluding hydrogens is 248 g/mol. The standard InChI is InChI=1S/C13H14N4.ClH/c14-13-15-8-7-12(16-13)17-9-3-5-10-4-1-2-6-11(10)17;/h1-2,4,6-8H,3,5,9H2,(H2,14,15,16);1H. The Hall–Kier alpha value is -1.81. The van der Waals surface area contributed by atoms with E-state index in [9.17, 15) is 0 Å². The molecule has 2 heterocycles. The Balaban J connectivity index is 0.00000120. The molecule has 1 aromatic carbocycles. The molecule has 94 valence electrons. The van der Waals surface area contributed by atoms with Crippen LogP contribution in [0.5, 0.6) is 0 Å². The summed E-state index contributed by atoms with van der Waals surface area (Å²) < 4.78 is 0. The normalized spacial score (nSPS) is 13.7. The number of nitrogens with two attached hydrogens (primary N) is 1. The zero-order chi connectivity index (χ0) is 11.7. The Labute approximate surface area is 112 Å². The molecule has 4 nitrogen and oxygen atoms in total. The van der Waals surface area contributed by atoms with Crippen LogP contribution in [0.1, 0.15) is 12.0 Å². The second-order valence-corrected chi connectivity index (χ2v) is 4.16. The van der Waals surface area contributed by atoms with Gasteiger partial charge in [-0.25, -0.2) is 4.98 Å². The first-order chi connectivity index (χ1) is 8.34. The lowest BCUT2D eigenvalue weighted by atomic mass is 10.0. The smallest absolute Gasteiger partial charge is 0.221 e. The Kier molecular flexibility index (Phi) is 3.67. The highest BCUT2D eigenvalue weighted by atomic mass is 35.5. The van der Waals surface area contributed by atoms with E-state index < -0.39 is 0 Å². The van der Waals surface area contributed by atoms with Crippen LogP contribution in [0, 0.1) is 0 Å². The number of nitrogen functional groups attached to an aromatic ring is 1. The van der Waals surface area contributed by atoms with E-state index >= 15 is 0 Å². The Morgan fingerprint density at radius 3 is 2.83 bits per heavy atom. The molecule has 5 heteroatoms. The average Bonchev–Trinajstić information content (AvgIpc) is 2.38. The SMILES string of the molecule is Cl.Nc1nccc(N2CCCc3ccccc32)n1. The van der Waals surface area contributed by atoms with Gasteiger partial charge in [0.15, 0.2) is 0 Å². The van der Waals surface area contributed by atoms with Crippen LogP contribution in [0.15, 0.2) is 36.5 Å². The molecule has 0 atom stereocenters. The summed E-state index contributed by atoms with van der Waals surface area (Å²) in [7, 11) is 0. The number of para-hydroxylation sites is 1. The lowest BCUT2D eigenvalue weighted by molar-refractivity contribution is 0.759. The van der Waals surface area contributed by atoms with Gasteiger partial charge in [0.1, 0.15) is 5.82 Å². The van der Waals surface area contributed by atoms with Gasteiger partial charge in [0.05, 0.1) is 0 Å². The van der Waals surface area contributed by atoms with Crippen molar-refractivity contribution in [1.82, 2.24) is 9.97 Å². The van der Waals surface area contributed by atoms with Crippen LogP contribution in [0.4, 0.5) is 17.5 Å². The van der Waals surface area contributed by atoms with Gasteiger partial charge in [0.2, 0.25) is 5.95 Å². The molecule has 0 saturated heterocycles. The van der Waals surface area contributed by atoms with Gasteiger partial charge in [-0.05, 0) is 30.5 Å². The number of aromatic nitrogens is 2. The molecule has 3 rings (SSSR count). The summed E-state index contributed by atoms with van der Waals surface area (Å²) in [6, 6.07) is 10.3. The molecule has 1 aromatic heterocycles. The first-order valence-electron chi connectivity index (χ1n) is 5.78. The first kappa shape index (κ1) is 12.6. The largest absolute Gasteiger partial charge is 0.368 e. The maximum absolute atomic E-state index is 5.64. The predicted octanol–water partition coefficient (Wildman–Crippen LogP) is 2.56. The molecule has 0 radical (unpaired) electrons. The molecule has 1 aliphatic heterocycles. The molecule has 1 aliphatic rings. The molecule has 0 aliphatic carbocycles. The second kappa shape index (κ2) is 5.23. The van der Waals surface area contributed by atoms with E-state index in [-0.39, 0.29) is 12.4 Å². The van der Waals surface area contributed by atoms with Crippen molar-refractivity contribution < 1.29 is 0 Å². The summed E-state index contributed by atoms with van der Waals surface area (Å²) >= 11 is 0. The highest BCUT2D eigenvalue weighted by molar-refractivity contribution is 5.85. The number of fused-ring (bicyclic) bond motifs is 1. The predicted molar refractivity (Wildman–Crippen MR) is 75.5 cm³/mol. The van der Waals surface area contributed by atoms with Crippen molar-refractivity contribution in [2.45, 2.75) is 12.8 Å². The molecule has 2 N–H and O–H groups in total. The number of rotatable bonds is 1. The zero-order valence-corrected chi connectivity index (χ0v) is 10.7. The van der Waals surface area contributed by atoms with Gasteiger partial charge >= 0.3 is 0 Å². The molecule has 0 unspecified atom stereocenters. The summed E-state index contributed by atoms with van der Waals surface area (Å²) in [5.41, 5.74) is 8.24. The molecule has 2 aromatic rings.